The number of halogens is 1. The first-order chi connectivity index (χ1) is 9.67. The summed E-state index contributed by atoms with van der Waals surface area (Å²) in [4.78, 5) is 11.2. The Balaban J connectivity index is 1.99. The first-order valence-electron chi connectivity index (χ1n) is 5.87. The minimum absolute atomic E-state index is 0.164. The maximum atomic E-state index is 11.2. The quantitative estimate of drug-likeness (QED) is 0.924. The number of benzene rings is 2. The van der Waals surface area contributed by atoms with Gasteiger partial charge in [0.05, 0.1) is 6.07 Å². The first kappa shape index (κ1) is 13.9. The van der Waals surface area contributed by atoms with E-state index in [0.29, 0.717) is 22.2 Å². The topological polar surface area (TPSA) is 62.1 Å². The molecule has 4 nitrogen and oxygen atoms in total. The third-order valence-corrected chi connectivity index (χ3v) is 2.68. The molecule has 1 amide bonds. The number of amides is 1. The van der Waals surface area contributed by atoms with Crippen molar-refractivity contribution in [3.05, 3.63) is 53.6 Å². The zero-order valence-electron chi connectivity index (χ0n) is 10.5. The highest BCUT2D eigenvalue weighted by atomic mass is 35.5. The van der Waals surface area contributed by atoms with Gasteiger partial charge in [-0.2, -0.15) is 5.26 Å². The monoisotopic (exact) mass is 286 g/mol. The van der Waals surface area contributed by atoms with Crippen LogP contribution in [-0.4, -0.2) is 5.91 Å². The fourth-order valence-electron chi connectivity index (χ4n) is 1.52. The second kappa shape index (κ2) is 6.60. The predicted octanol–water partition coefficient (Wildman–Crippen LogP) is 3.98. The Morgan fingerprint density at radius 2 is 1.65 bits per heavy atom. The summed E-state index contributed by atoms with van der Waals surface area (Å²) in [5, 5.41) is 11.7. The molecule has 0 radical (unpaired) electrons. The summed E-state index contributed by atoms with van der Waals surface area (Å²) in [5.74, 6) is 0.986. The Morgan fingerprint density at radius 1 is 1.10 bits per heavy atom. The number of rotatable bonds is 4. The Hall–Kier alpha value is -2.51. The van der Waals surface area contributed by atoms with Crippen molar-refractivity contribution in [3.63, 3.8) is 0 Å². The average molecular weight is 287 g/mol. The molecule has 0 aliphatic rings. The lowest BCUT2D eigenvalue weighted by Gasteiger charge is -2.07. The third kappa shape index (κ3) is 4.01. The van der Waals surface area contributed by atoms with Gasteiger partial charge in [-0.3, -0.25) is 4.79 Å². The molecular formula is C15H11ClN2O2. The van der Waals surface area contributed by atoms with Crippen LogP contribution in [0.5, 0.6) is 11.5 Å². The highest BCUT2D eigenvalue weighted by molar-refractivity contribution is 6.30. The van der Waals surface area contributed by atoms with Crippen molar-refractivity contribution < 1.29 is 9.53 Å². The molecule has 5 heteroatoms. The molecular weight excluding hydrogens is 276 g/mol. The minimum atomic E-state index is -0.334. The Bertz CT molecular complexity index is 630. The van der Waals surface area contributed by atoms with Gasteiger partial charge in [0.1, 0.15) is 17.9 Å². The van der Waals surface area contributed by atoms with E-state index in [1.165, 1.54) is 0 Å². The van der Waals surface area contributed by atoms with Crippen molar-refractivity contribution in [2.75, 3.05) is 5.32 Å². The number of hydrogen-bond donors (Lipinski definition) is 1. The van der Waals surface area contributed by atoms with Gasteiger partial charge in [-0.1, -0.05) is 11.6 Å². The van der Waals surface area contributed by atoms with Crippen LogP contribution in [-0.2, 0) is 4.79 Å². The smallest absolute Gasteiger partial charge is 0.238 e. The first-order valence-corrected chi connectivity index (χ1v) is 6.25. The van der Waals surface area contributed by atoms with Crippen molar-refractivity contribution in [3.8, 4) is 17.6 Å². The van der Waals surface area contributed by atoms with Crippen LogP contribution in [0, 0.1) is 11.3 Å². The molecule has 100 valence electrons. The summed E-state index contributed by atoms with van der Waals surface area (Å²) in [7, 11) is 0. The SMILES string of the molecule is N#CCC(=O)Nc1ccc(Oc2ccc(Cl)cc2)cc1. The van der Waals surface area contributed by atoms with E-state index in [2.05, 4.69) is 5.32 Å². The van der Waals surface area contributed by atoms with E-state index >= 15 is 0 Å². The molecule has 0 unspecified atom stereocenters. The van der Waals surface area contributed by atoms with Crippen molar-refractivity contribution in [2.24, 2.45) is 0 Å². The van der Waals surface area contributed by atoms with Crippen molar-refractivity contribution in [1.82, 2.24) is 0 Å². The molecule has 20 heavy (non-hydrogen) atoms. The maximum absolute atomic E-state index is 11.2. The van der Waals surface area contributed by atoms with E-state index in [9.17, 15) is 4.79 Å². The van der Waals surface area contributed by atoms with Crippen LogP contribution in [0.3, 0.4) is 0 Å². The highest BCUT2D eigenvalue weighted by Gasteiger charge is 2.02. The van der Waals surface area contributed by atoms with E-state index in [0.717, 1.165) is 0 Å². The van der Waals surface area contributed by atoms with Crippen molar-refractivity contribution in [2.45, 2.75) is 6.42 Å². The lowest BCUT2D eigenvalue weighted by atomic mass is 10.3. The zero-order valence-corrected chi connectivity index (χ0v) is 11.2. The second-order valence-electron chi connectivity index (χ2n) is 3.96. The number of nitriles is 1. The van der Waals surface area contributed by atoms with E-state index in [-0.39, 0.29) is 12.3 Å². The number of hydrogen-bond acceptors (Lipinski definition) is 3. The molecule has 0 atom stereocenters. The van der Waals surface area contributed by atoms with Gasteiger partial charge in [-0.05, 0) is 48.5 Å². The van der Waals surface area contributed by atoms with E-state index in [1.54, 1.807) is 54.6 Å². The fourth-order valence-corrected chi connectivity index (χ4v) is 1.65. The van der Waals surface area contributed by atoms with Crippen LogP contribution in [0.4, 0.5) is 5.69 Å². The minimum Gasteiger partial charge on any atom is -0.457 e. The summed E-state index contributed by atoms with van der Waals surface area (Å²) < 4.78 is 5.62. The number of nitrogens with one attached hydrogen (secondary N) is 1. The third-order valence-electron chi connectivity index (χ3n) is 2.43. The molecule has 0 saturated carbocycles. The largest absolute Gasteiger partial charge is 0.457 e. The molecule has 0 aliphatic carbocycles. The second-order valence-corrected chi connectivity index (χ2v) is 4.40. The van der Waals surface area contributed by atoms with Crippen molar-refractivity contribution >= 4 is 23.2 Å². The molecule has 2 aromatic rings. The standard InChI is InChI=1S/C15H11ClN2O2/c16-11-1-5-13(6-2-11)20-14-7-3-12(4-8-14)18-15(19)9-10-17/h1-8H,9H2,(H,18,19). The lowest BCUT2D eigenvalue weighted by molar-refractivity contribution is -0.115. The normalized spacial score (nSPS) is 9.60. The van der Waals surface area contributed by atoms with Crippen LogP contribution < -0.4 is 10.1 Å². The van der Waals surface area contributed by atoms with E-state index < -0.39 is 0 Å². The van der Waals surface area contributed by atoms with Crippen LogP contribution in [0.15, 0.2) is 48.5 Å². The van der Waals surface area contributed by atoms with E-state index in [1.807, 2.05) is 0 Å². The maximum Gasteiger partial charge on any atom is 0.238 e. The van der Waals surface area contributed by atoms with Gasteiger partial charge >= 0.3 is 0 Å². The molecule has 0 spiro atoms. The fraction of sp³-hybridized carbons (Fsp3) is 0.0667. The van der Waals surface area contributed by atoms with E-state index in [4.69, 9.17) is 21.6 Å². The van der Waals surface area contributed by atoms with Crippen LogP contribution in [0.1, 0.15) is 6.42 Å². The number of ether oxygens (including phenoxy) is 1. The Kier molecular flexibility index (Phi) is 4.59. The number of carbonyl (C=O) groups excluding carboxylic acids is 1. The average Bonchev–Trinajstić information content (AvgIpc) is 2.44. The molecule has 2 aromatic carbocycles. The summed E-state index contributed by atoms with van der Waals surface area (Å²) in [6, 6.07) is 15.7. The van der Waals surface area contributed by atoms with Gasteiger partial charge in [0.2, 0.25) is 5.91 Å². The highest BCUT2D eigenvalue weighted by Crippen LogP contribution is 2.24. The molecule has 0 saturated heterocycles. The zero-order chi connectivity index (χ0) is 14.4. The summed E-state index contributed by atoms with van der Waals surface area (Å²) in [6.07, 6.45) is -0.164. The number of nitrogens with zero attached hydrogens (tertiary/aromatic N) is 1. The number of carbonyl (C=O) groups is 1. The Morgan fingerprint density at radius 3 is 2.20 bits per heavy atom. The molecule has 1 N–H and O–H groups in total. The Labute approximate surface area is 121 Å². The van der Waals surface area contributed by atoms with Crippen LogP contribution >= 0.6 is 11.6 Å². The molecule has 0 aromatic heterocycles. The molecule has 0 aliphatic heterocycles. The van der Waals surface area contributed by atoms with Gasteiger partial charge in [0, 0.05) is 10.7 Å². The van der Waals surface area contributed by atoms with Crippen LogP contribution in [0.25, 0.3) is 0 Å². The summed E-state index contributed by atoms with van der Waals surface area (Å²) in [5.41, 5.74) is 0.619. The molecule has 0 fully saturated rings. The molecule has 0 heterocycles. The van der Waals surface area contributed by atoms with Gasteiger partial charge < -0.3 is 10.1 Å². The van der Waals surface area contributed by atoms with Gasteiger partial charge in [-0.25, -0.2) is 0 Å². The van der Waals surface area contributed by atoms with Crippen molar-refractivity contribution in [1.29, 1.82) is 5.26 Å². The molecule has 2 rings (SSSR count). The molecule has 0 bridgehead atoms. The number of anilines is 1. The van der Waals surface area contributed by atoms with Crippen LogP contribution in [0.2, 0.25) is 5.02 Å². The summed E-state index contributed by atoms with van der Waals surface area (Å²) in [6.45, 7) is 0. The predicted molar refractivity (Wildman–Crippen MR) is 76.8 cm³/mol. The van der Waals surface area contributed by atoms with Gasteiger partial charge in [-0.15, -0.1) is 0 Å². The lowest BCUT2D eigenvalue weighted by Crippen LogP contribution is -2.09. The van der Waals surface area contributed by atoms with Gasteiger partial charge in [0.25, 0.3) is 0 Å². The van der Waals surface area contributed by atoms with Gasteiger partial charge in [0.15, 0.2) is 0 Å². The summed E-state index contributed by atoms with van der Waals surface area (Å²) >= 11 is 5.79.